The number of rotatable bonds is 4. The molecular weight excluding hydrogens is 404 g/mol. The van der Waals surface area contributed by atoms with Gasteiger partial charge in [0.05, 0.1) is 5.69 Å². The molecule has 0 radical (unpaired) electrons. The summed E-state index contributed by atoms with van der Waals surface area (Å²) in [7, 11) is 0. The highest BCUT2D eigenvalue weighted by Crippen LogP contribution is 2.25. The van der Waals surface area contributed by atoms with E-state index in [1.807, 2.05) is 45.0 Å². The molecule has 1 aromatic carbocycles. The maximum Gasteiger partial charge on any atom is 0.410 e. The summed E-state index contributed by atoms with van der Waals surface area (Å²) >= 11 is 0. The van der Waals surface area contributed by atoms with E-state index < -0.39 is 5.60 Å². The minimum Gasteiger partial charge on any atom is -0.444 e. The van der Waals surface area contributed by atoms with Crippen molar-refractivity contribution in [1.82, 2.24) is 14.5 Å². The summed E-state index contributed by atoms with van der Waals surface area (Å²) in [5.74, 6) is 1.47. The molecule has 0 aliphatic carbocycles. The van der Waals surface area contributed by atoms with Gasteiger partial charge in [0.25, 0.3) is 0 Å². The van der Waals surface area contributed by atoms with Crippen LogP contribution < -0.4 is 5.32 Å². The molecule has 1 fully saturated rings. The lowest BCUT2D eigenvalue weighted by atomic mass is 9.93. The highest BCUT2D eigenvalue weighted by molar-refractivity contribution is 5.91. The van der Waals surface area contributed by atoms with Crippen LogP contribution in [0.25, 0.3) is 11.3 Å². The molecule has 0 unspecified atom stereocenters. The average molecular weight is 439 g/mol. The predicted molar refractivity (Wildman–Crippen MR) is 124 cm³/mol. The van der Waals surface area contributed by atoms with Crippen molar-refractivity contribution in [1.29, 1.82) is 0 Å². The van der Waals surface area contributed by atoms with Crippen molar-refractivity contribution in [2.45, 2.75) is 71.4 Å². The Kier molecular flexibility index (Phi) is 6.53. The summed E-state index contributed by atoms with van der Waals surface area (Å²) in [5, 5.41) is 3.01. The summed E-state index contributed by atoms with van der Waals surface area (Å²) in [4.78, 5) is 31.2. The van der Waals surface area contributed by atoms with E-state index in [2.05, 4.69) is 16.1 Å². The molecule has 1 N–H and O–H groups in total. The third kappa shape index (κ3) is 5.69. The van der Waals surface area contributed by atoms with E-state index in [0.29, 0.717) is 19.5 Å². The molecule has 0 spiro atoms. The monoisotopic (exact) mass is 438 g/mol. The lowest BCUT2D eigenvalue weighted by molar-refractivity contribution is -0.117. The lowest BCUT2D eigenvalue weighted by Gasteiger charge is -2.33. The van der Waals surface area contributed by atoms with Crippen LogP contribution in [0.1, 0.15) is 58.7 Å². The van der Waals surface area contributed by atoms with Gasteiger partial charge in [0.15, 0.2) is 0 Å². The van der Waals surface area contributed by atoms with E-state index in [0.717, 1.165) is 42.8 Å². The number of ether oxygens (including phenoxy) is 1. The van der Waals surface area contributed by atoms with Crippen LogP contribution in [0, 0.1) is 5.92 Å². The molecule has 0 saturated carbocycles. The number of amides is 2. The number of benzene rings is 1. The Labute approximate surface area is 190 Å². The second kappa shape index (κ2) is 9.35. The Bertz CT molecular complexity index is 927. The van der Waals surface area contributed by atoms with Crippen molar-refractivity contribution in [2.75, 3.05) is 18.4 Å². The number of aromatic nitrogens is 2. The van der Waals surface area contributed by atoms with Gasteiger partial charge in [-0.05, 0) is 64.5 Å². The summed E-state index contributed by atoms with van der Waals surface area (Å²) in [6.45, 7) is 7.94. The molecule has 0 bridgehead atoms. The van der Waals surface area contributed by atoms with Crippen LogP contribution in [-0.4, -0.2) is 45.1 Å². The van der Waals surface area contributed by atoms with Gasteiger partial charge in [-0.15, -0.1) is 0 Å². The molecule has 32 heavy (non-hydrogen) atoms. The average Bonchev–Trinajstić information content (AvgIpc) is 3.18. The smallest absolute Gasteiger partial charge is 0.410 e. The van der Waals surface area contributed by atoms with Crippen LogP contribution in [-0.2, 0) is 22.5 Å². The third-order valence-corrected chi connectivity index (χ3v) is 6.11. The van der Waals surface area contributed by atoms with Crippen molar-refractivity contribution in [3.8, 4) is 11.3 Å². The fourth-order valence-electron chi connectivity index (χ4n) is 4.40. The largest absolute Gasteiger partial charge is 0.444 e. The summed E-state index contributed by atoms with van der Waals surface area (Å²) in [6, 6.07) is 7.92. The number of carbonyl (C=O) groups is 2. The number of hydrogen-bond acceptors (Lipinski definition) is 4. The van der Waals surface area contributed by atoms with Crippen molar-refractivity contribution in [2.24, 2.45) is 5.92 Å². The van der Waals surface area contributed by atoms with Crippen LogP contribution in [0.3, 0.4) is 0 Å². The first-order valence-corrected chi connectivity index (χ1v) is 11.7. The lowest BCUT2D eigenvalue weighted by Crippen LogP contribution is -2.42. The number of carbonyl (C=O) groups excluding carboxylic acids is 2. The van der Waals surface area contributed by atoms with Gasteiger partial charge in [-0.25, -0.2) is 9.78 Å². The summed E-state index contributed by atoms with van der Waals surface area (Å²) < 4.78 is 7.69. The number of aryl methyl sites for hydroxylation is 2. The number of imidazole rings is 1. The number of fused-ring (bicyclic) bond motifs is 1. The van der Waals surface area contributed by atoms with Gasteiger partial charge in [-0.3, -0.25) is 4.79 Å². The molecule has 2 amide bonds. The van der Waals surface area contributed by atoms with Crippen molar-refractivity contribution < 1.29 is 14.3 Å². The molecule has 7 heteroatoms. The van der Waals surface area contributed by atoms with E-state index in [9.17, 15) is 9.59 Å². The molecule has 2 aromatic rings. The molecule has 2 aliphatic rings. The van der Waals surface area contributed by atoms with Crippen LogP contribution >= 0.6 is 0 Å². The van der Waals surface area contributed by atoms with Crippen LogP contribution in [0.15, 0.2) is 30.5 Å². The minimum absolute atomic E-state index is 0.0194. The standard InChI is InChI=1S/C25H34N4O3/c1-25(2,3)32-24(31)28-14-11-18(12-15-28)16-23(30)26-20-9-7-19(8-10-20)21-17-29-13-5-4-6-22(29)27-21/h7-10,17-18H,4-6,11-16H2,1-3H3,(H,26,30). The topological polar surface area (TPSA) is 76.5 Å². The van der Waals surface area contributed by atoms with E-state index in [1.54, 1.807) is 4.90 Å². The first-order valence-electron chi connectivity index (χ1n) is 11.7. The predicted octanol–water partition coefficient (Wildman–Crippen LogP) is 4.86. The van der Waals surface area contributed by atoms with Gasteiger partial charge < -0.3 is 19.5 Å². The van der Waals surface area contributed by atoms with Gasteiger partial charge in [0.2, 0.25) is 5.91 Å². The fourth-order valence-corrected chi connectivity index (χ4v) is 4.40. The van der Waals surface area contributed by atoms with E-state index in [1.165, 1.54) is 18.7 Å². The number of nitrogens with zero attached hydrogens (tertiary/aromatic N) is 3. The Morgan fingerprint density at radius 2 is 1.81 bits per heavy atom. The quantitative estimate of drug-likeness (QED) is 0.739. The van der Waals surface area contributed by atoms with Crippen LogP contribution in [0.4, 0.5) is 10.5 Å². The molecule has 1 aromatic heterocycles. The molecule has 2 aliphatic heterocycles. The van der Waals surface area contributed by atoms with Crippen LogP contribution in [0.2, 0.25) is 0 Å². The van der Waals surface area contributed by atoms with Gasteiger partial charge in [-0.1, -0.05) is 12.1 Å². The Hall–Kier alpha value is -2.83. The molecule has 172 valence electrons. The van der Waals surface area contributed by atoms with Gasteiger partial charge >= 0.3 is 6.09 Å². The highest BCUT2D eigenvalue weighted by Gasteiger charge is 2.27. The number of anilines is 1. The fraction of sp³-hybridized carbons (Fsp3) is 0.560. The second-order valence-electron chi connectivity index (χ2n) is 9.93. The SMILES string of the molecule is CC(C)(C)OC(=O)N1CCC(CC(=O)Nc2ccc(-c3cn4c(n3)CCCC4)cc2)CC1. The first-order chi connectivity index (χ1) is 15.3. The Morgan fingerprint density at radius 3 is 2.47 bits per heavy atom. The number of piperidine rings is 1. The molecular formula is C25H34N4O3. The Morgan fingerprint density at radius 1 is 1.09 bits per heavy atom. The van der Waals surface area contributed by atoms with E-state index >= 15 is 0 Å². The molecule has 3 heterocycles. The maximum absolute atomic E-state index is 12.5. The summed E-state index contributed by atoms with van der Waals surface area (Å²) in [5.41, 5.74) is 2.38. The van der Waals surface area contributed by atoms with Crippen molar-refractivity contribution in [3.05, 3.63) is 36.3 Å². The van der Waals surface area contributed by atoms with E-state index in [-0.39, 0.29) is 17.9 Å². The minimum atomic E-state index is -0.486. The highest BCUT2D eigenvalue weighted by atomic mass is 16.6. The third-order valence-electron chi connectivity index (χ3n) is 6.11. The maximum atomic E-state index is 12.5. The number of likely N-dealkylation sites (tertiary alicyclic amines) is 1. The second-order valence-corrected chi connectivity index (χ2v) is 9.93. The van der Waals surface area contributed by atoms with Gasteiger partial charge in [-0.2, -0.15) is 0 Å². The van der Waals surface area contributed by atoms with Crippen molar-refractivity contribution >= 4 is 17.7 Å². The summed E-state index contributed by atoms with van der Waals surface area (Å²) in [6.07, 6.45) is 7.44. The normalized spacial score (nSPS) is 17.0. The van der Waals surface area contributed by atoms with E-state index in [4.69, 9.17) is 9.72 Å². The molecule has 0 atom stereocenters. The zero-order valence-electron chi connectivity index (χ0n) is 19.4. The van der Waals surface area contributed by atoms with Crippen LogP contribution in [0.5, 0.6) is 0 Å². The zero-order chi connectivity index (χ0) is 22.7. The molecule has 1 saturated heterocycles. The molecule has 4 rings (SSSR count). The van der Waals surface area contributed by atoms with Crippen molar-refractivity contribution in [3.63, 3.8) is 0 Å². The first kappa shape index (κ1) is 22.4. The zero-order valence-corrected chi connectivity index (χ0v) is 19.4. The number of hydrogen-bond donors (Lipinski definition) is 1. The van der Waals surface area contributed by atoms with Gasteiger partial charge in [0, 0.05) is 49.9 Å². The Balaban J connectivity index is 1.25. The van der Waals surface area contributed by atoms with Gasteiger partial charge in [0.1, 0.15) is 11.4 Å². The number of nitrogens with one attached hydrogen (secondary N) is 1. The molecule has 7 nitrogen and oxygen atoms in total.